The van der Waals surface area contributed by atoms with E-state index in [9.17, 15) is 26.4 Å². The maximum Gasteiger partial charge on any atom is 0.534 e. The SMILES string of the molecule is COc1cc(-c2cccc3c2-c2ccccc2C32c3ccccc3-c3ccccc32)ccc1-c1ccc(OS(=O)(=O)C(F)(F)F)cc1C=O. The maximum absolute atomic E-state index is 12.9. The average Bonchev–Trinajstić information content (AvgIpc) is 3.58. The Morgan fingerprint density at radius 1 is 0.612 bits per heavy atom. The van der Waals surface area contributed by atoms with Gasteiger partial charge < -0.3 is 8.92 Å². The van der Waals surface area contributed by atoms with E-state index in [2.05, 4.69) is 89.1 Å². The molecule has 9 heteroatoms. The number of fused-ring (bicyclic) bond motifs is 10. The zero-order chi connectivity index (χ0) is 34.1. The Bertz CT molecular complexity index is 2400. The molecule has 0 fully saturated rings. The van der Waals surface area contributed by atoms with Crippen LogP contribution in [0.3, 0.4) is 0 Å². The lowest BCUT2D eigenvalue weighted by molar-refractivity contribution is -0.0500. The first-order valence-electron chi connectivity index (χ1n) is 15.3. The first kappa shape index (κ1) is 30.7. The summed E-state index contributed by atoms with van der Waals surface area (Å²) in [5, 5.41) is 0. The van der Waals surface area contributed by atoms with E-state index >= 15 is 0 Å². The number of ether oxygens (including phenoxy) is 1. The zero-order valence-electron chi connectivity index (χ0n) is 25.8. The summed E-state index contributed by atoms with van der Waals surface area (Å²) in [6.45, 7) is 0. The van der Waals surface area contributed by atoms with Gasteiger partial charge in [-0.3, -0.25) is 4.79 Å². The summed E-state index contributed by atoms with van der Waals surface area (Å²) >= 11 is 0. The molecule has 0 aliphatic heterocycles. The van der Waals surface area contributed by atoms with Gasteiger partial charge in [0.25, 0.3) is 0 Å². The molecule has 2 aliphatic rings. The maximum atomic E-state index is 12.9. The van der Waals surface area contributed by atoms with Gasteiger partial charge in [0.05, 0.1) is 12.5 Å². The van der Waals surface area contributed by atoms with Crippen LogP contribution < -0.4 is 8.92 Å². The van der Waals surface area contributed by atoms with Crippen molar-refractivity contribution < 1.29 is 35.3 Å². The van der Waals surface area contributed by atoms with E-state index in [0.29, 0.717) is 23.2 Å². The van der Waals surface area contributed by atoms with Gasteiger partial charge in [0.2, 0.25) is 0 Å². The molecule has 1 spiro atoms. The molecule has 2 aliphatic carbocycles. The van der Waals surface area contributed by atoms with E-state index in [0.717, 1.165) is 34.4 Å². The first-order chi connectivity index (χ1) is 23.6. The molecule has 6 aromatic rings. The Morgan fingerprint density at radius 2 is 1.16 bits per heavy atom. The Balaban J connectivity index is 1.28. The monoisotopic (exact) mass is 674 g/mol. The lowest BCUT2D eigenvalue weighted by Gasteiger charge is -2.30. The molecule has 0 atom stereocenters. The molecular weight excluding hydrogens is 649 g/mol. The van der Waals surface area contributed by atoms with Crippen LogP contribution in [0.2, 0.25) is 0 Å². The third-order valence-electron chi connectivity index (χ3n) is 9.46. The smallest absolute Gasteiger partial charge is 0.496 e. The lowest BCUT2D eigenvalue weighted by Crippen LogP contribution is -2.28. The van der Waals surface area contributed by atoms with Crippen LogP contribution in [-0.4, -0.2) is 27.3 Å². The van der Waals surface area contributed by atoms with Crippen LogP contribution in [0.15, 0.2) is 127 Å². The number of methoxy groups -OCH3 is 1. The summed E-state index contributed by atoms with van der Waals surface area (Å²) in [4.78, 5) is 12.1. The quantitative estimate of drug-likeness (QED) is 0.0999. The molecule has 8 rings (SSSR count). The van der Waals surface area contributed by atoms with Crippen LogP contribution >= 0.6 is 0 Å². The molecule has 0 saturated heterocycles. The molecular formula is C40H25F3O5S. The van der Waals surface area contributed by atoms with E-state index in [4.69, 9.17) is 4.74 Å². The normalized spacial score (nSPS) is 13.7. The number of rotatable bonds is 6. The Morgan fingerprint density at radius 3 is 1.78 bits per heavy atom. The summed E-state index contributed by atoms with van der Waals surface area (Å²) in [6.07, 6.45) is 0.424. The van der Waals surface area contributed by atoms with Crippen molar-refractivity contribution in [2.45, 2.75) is 10.9 Å². The van der Waals surface area contributed by atoms with Gasteiger partial charge >= 0.3 is 15.6 Å². The van der Waals surface area contributed by atoms with E-state index in [-0.39, 0.29) is 5.56 Å². The highest BCUT2D eigenvalue weighted by atomic mass is 32.2. The van der Waals surface area contributed by atoms with Gasteiger partial charge in [-0.25, -0.2) is 0 Å². The summed E-state index contributed by atoms with van der Waals surface area (Å²) in [5.41, 5.74) is 5.89. The molecule has 0 unspecified atom stereocenters. The Hall–Kier alpha value is -5.67. The summed E-state index contributed by atoms with van der Waals surface area (Å²) in [6, 6.07) is 40.8. The third-order valence-corrected chi connectivity index (χ3v) is 10.4. The molecule has 0 amide bonds. The van der Waals surface area contributed by atoms with Crippen molar-refractivity contribution >= 4 is 16.4 Å². The number of alkyl halides is 3. The van der Waals surface area contributed by atoms with Crippen molar-refractivity contribution in [3.8, 4) is 56.0 Å². The third kappa shape index (κ3) is 4.38. The van der Waals surface area contributed by atoms with E-state index in [1.54, 1.807) is 6.07 Å². The number of carbonyl (C=O) groups excluding carboxylic acids is 1. The second-order valence-electron chi connectivity index (χ2n) is 11.9. The van der Waals surface area contributed by atoms with E-state index < -0.39 is 26.8 Å². The van der Waals surface area contributed by atoms with Crippen LogP contribution in [0, 0.1) is 0 Å². The molecule has 6 aromatic carbocycles. The Kier molecular flexibility index (Phi) is 6.84. The lowest BCUT2D eigenvalue weighted by atomic mass is 9.70. The predicted molar refractivity (Wildman–Crippen MR) is 181 cm³/mol. The van der Waals surface area contributed by atoms with Gasteiger partial charge in [0, 0.05) is 11.1 Å². The minimum atomic E-state index is -5.91. The first-order valence-corrected chi connectivity index (χ1v) is 16.7. The number of aldehydes is 1. The van der Waals surface area contributed by atoms with Gasteiger partial charge in [0.1, 0.15) is 11.5 Å². The minimum Gasteiger partial charge on any atom is -0.496 e. The molecule has 0 heterocycles. The number of benzene rings is 6. The average molecular weight is 675 g/mol. The Labute approximate surface area is 280 Å². The van der Waals surface area contributed by atoms with Crippen LogP contribution in [0.25, 0.3) is 44.5 Å². The highest BCUT2D eigenvalue weighted by molar-refractivity contribution is 7.88. The van der Waals surface area contributed by atoms with Crippen molar-refractivity contribution in [1.82, 2.24) is 0 Å². The number of hydrogen-bond acceptors (Lipinski definition) is 5. The number of halogens is 3. The molecule has 0 radical (unpaired) electrons. The van der Waals surface area contributed by atoms with Crippen LogP contribution in [-0.2, 0) is 15.5 Å². The fourth-order valence-corrected chi connectivity index (χ4v) is 8.03. The van der Waals surface area contributed by atoms with Crippen molar-refractivity contribution in [3.63, 3.8) is 0 Å². The van der Waals surface area contributed by atoms with Crippen LogP contribution in [0.1, 0.15) is 32.6 Å². The fourth-order valence-electron chi connectivity index (χ4n) is 7.57. The highest BCUT2D eigenvalue weighted by Gasteiger charge is 2.52. The highest BCUT2D eigenvalue weighted by Crippen LogP contribution is 2.64. The molecule has 242 valence electrons. The predicted octanol–water partition coefficient (Wildman–Crippen LogP) is 9.41. The summed E-state index contributed by atoms with van der Waals surface area (Å²) < 4.78 is 71.9. The largest absolute Gasteiger partial charge is 0.534 e. The second-order valence-corrected chi connectivity index (χ2v) is 13.4. The van der Waals surface area contributed by atoms with Crippen LogP contribution in [0.5, 0.6) is 11.5 Å². The molecule has 0 N–H and O–H groups in total. The molecule has 5 nitrogen and oxygen atoms in total. The van der Waals surface area contributed by atoms with Gasteiger partial charge in [-0.15, -0.1) is 0 Å². The number of hydrogen-bond donors (Lipinski definition) is 0. The fraction of sp³-hybridized carbons (Fsp3) is 0.0750. The van der Waals surface area contributed by atoms with Gasteiger partial charge in [-0.05, 0) is 85.5 Å². The van der Waals surface area contributed by atoms with Gasteiger partial charge in [-0.1, -0.05) is 103 Å². The molecule has 0 bridgehead atoms. The van der Waals surface area contributed by atoms with Crippen molar-refractivity contribution in [3.05, 3.63) is 155 Å². The van der Waals surface area contributed by atoms with Crippen molar-refractivity contribution in [2.24, 2.45) is 0 Å². The van der Waals surface area contributed by atoms with Gasteiger partial charge in [-0.2, -0.15) is 21.6 Å². The van der Waals surface area contributed by atoms with Crippen molar-refractivity contribution in [1.29, 1.82) is 0 Å². The molecule has 49 heavy (non-hydrogen) atoms. The van der Waals surface area contributed by atoms with E-state index in [1.807, 2.05) is 18.2 Å². The second kappa shape index (κ2) is 10.9. The summed E-state index contributed by atoms with van der Waals surface area (Å²) in [5.74, 6) is -0.228. The van der Waals surface area contributed by atoms with Crippen molar-refractivity contribution in [2.75, 3.05) is 7.11 Å². The van der Waals surface area contributed by atoms with Crippen LogP contribution in [0.4, 0.5) is 13.2 Å². The van der Waals surface area contributed by atoms with Gasteiger partial charge in [0.15, 0.2) is 6.29 Å². The molecule has 0 aromatic heterocycles. The van der Waals surface area contributed by atoms with E-state index in [1.165, 1.54) is 46.6 Å². The topological polar surface area (TPSA) is 69.7 Å². The zero-order valence-corrected chi connectivity index (χ0v) is 26.6. The minimum absolute atomic E-state index is 0.0732. The number of carbonyl (C=O) groups is 1. The molecule has 0 saturated carbocycles. The standard InChI is InChI=1S/C40H25F3O5S/c1-47-37-22-24(17-19-31(37)27-20-18-26(21-25(27)23-44)48-49(45,46)40(41,42)43)28-12-8-16-36-38(28)32-11-4-7-15-35(32)39(36)33-13-5-2-9-29(33)30-10-3-6-14-34(30)39/h2-23H,1H3. The summed E-state index contributed by atoms with van der Waals surface area (Å²) in [7, 11) is -4.42.